The monoisotopic (exact) mass is 342 g/mol. The Kier molecular flexibility index (Phi) is 6.05. The molecule has 0 unspecified atom stereocenters. The van der Waals surface area contributed by atoms with Crippen LogP contribution in [-0.2, 0) is 32.8 Å². The van der Waals surface area contributed by atoms with Gasteiger partial charge in [0.25, 0.3) is 16.0 Å². The van der Waals surface area contributed by atoms with Gasteiger partial charge in [0, 0.05) is 0 Å². The molecule has 0 spiro atoms. The van der Waals surface area contributed by atoms with E-state index in [1.165, 1.54) is 19.6 Å². The van der Waals surface area contributed by atoms with Crippen molar-refractivity contribution >= 4 is 28.8 Å². The molecule has 0 fully saturated rings. The lowest BCUT2D eigenvalue weighted by Crippen LogP contribution is -2.35. The summed E-state index contributed by atoms with van der Waals surface area (Å²) in [4.78, 5) is 0. The summed E-state index contributed by atoms with van der Waals surface area (Å²) in [7, 11) is -11.1. The molecule has 0 aromatic heterocycles. The maximum Gasteiger partial charge on any atom is 0.390 e. The Balaban J connectivity index is 4.46. The first-order chi connectivity index (χ1) is 8.12. The first-order valence-corrected chi connectivity index (χ1v) is 11.5. The molecule has 0 bridgehead atoms. The molecule has 0 aromatic carbocycles. The van der Waals surface area contributed by atoms with E-state index in [1.54, 1.807) is 0 Å². The molecule has 19 heavy (non-hydrogen) atoms. The van der Waals surface area contributed by atoms with Gasteiger partial charge < -0.3 is 0 Å². The minimum atomic E-state index is -4.55. The molecule has 0 heterocycles. The zero-order valence-corrected chi connectivity index (χ0v) is 13.5. The maximum atomic E-state index is 13.1. The smallest absolute Gasteiger partial charge is 0.294 e. The van der Waals surface area contributed by atoms with Crippen LogP contribution in [0.3, 0.4) is 0 Å². The highest BCUT2D eigenvalue weighted by atomic mass is 32.3. The van der Waals surface area contributed by atoms with E-state index in [0.29, 0.717) is 6.26 Å². The van der Waals surface area contributed by atoms with Gasteiger partial charge >= 0.3 is 10.4 Å². The summed E-state index contributed by atoms with van der Waals surface area (Å²) in [6.07, 6.45) is 0.592. The molecular formula is C7H16F2O7S2Si. The van der Waals surface area contributed by atoms with E-state index in [0.717, 1.165) is 0 Å². The van der Waals surface area contributed by atoms with Crippen LogP contribution in [-0.4, -0.2) is 50.5 Å². The number of rotatable bonds is 8. The molecule has 0 amide bonds. The van der Waals surface area contributed by atoms with Crippen molar-refractivity contribution in [3.63, 3.8) is 0 Å². The zero-order valence-electron chi connectivity index (χ0n) is 10.8. The number of alkyl halides is 2. The predicted molar refractivity (Wildman–Crippen MR) is 65.0 cm³/mol. The third-order valence-electron chi connectivity index (χ3n) is 1.25. The van der Waals surface area contributed by atoms with Crippen LogP contribution in [0.2, 0.25) is 19.6 Å². The first kappa shape index (κ1) is 18.9. The van der Waals surface area contributed by atoms with Gasteiger partial charge in [-0.25, -0.2) is 13.0 Å². The van der Waals surface area contributed by atoms with Gasteiger partial charge in [0.1, 0.15) is 13.2 Å². The topological polar surface area (TPSA) is 96.0 Å². The lowest BCUT2D eigenvalue weighted by molar-refractivity contribution is -0.0718. The highest BCUT2D eigenvalue weighted by Gasteiger charge is 2.35. The Morgan fingerprint density at radius 3 is 1.79 bits per heavy atom. The van der Waals surface area contributed by atoms with Gasteiger partial charge in [0.2, 0.25) is 8.32 Å². The fourth-order valence-electron chi connectivity index (χ4n) is 0.724. The van der Waals surface area contributed by atoms with Gasteiger partial charge in [-0.05, 0) is 19.6 Å². The van der Waals surface area contributed by atoms with Crippen molar-refractivity contribution in [1.82, 2.24) is 0 Å². The maximum absolute atomic E-state index is 13.1. The molecule has 0 saturated carbocycles. The van der Waals surface area contributed by atoms with Crippen molar-refractivity contribution in [3.8, 4) is 0 Å². The van der Waals surface area contributed by atoms with Crippen molar-refractivity contribution < 1.29 is 37.9 Å². The van der Waals surface area contributed by atoms with E-state index in [9.17, 15) is 25.6 Å². The van der Waals surface area contributed by atoms with E-state index in [2.05, 4.69) is 12.2 Å². The van der Waals surface area contributed by atoms with E-state index in [1.807, 2.05) is 0 Å². The SMILES string of the molecule is C[Si](C)(C)OS(=O)(=O)OCC(F)(F)COS(C)(=O)=O. The molecule has 0 radical (unpaired) electrons. The third kappa shape index (κ3) is 11.4. The van der Waals surface area contributed by atoms with Crippen molar-refractivity contribution in [1.29, 1.82) is 0 Å². The van der Waals surface area contributed by atoms with Gasteiger partial charge in [-0.2, -0.15) is 16.8 Å². The number of hydrogen-bond donors (Lipinski definition) is 0. The van der Waals surface area contributed by atoms with Crippen LogP contribution in [0.4, 0.5) is 8.78 Å². The fourth-order valence-corrected chi connectivity index (χ4v) is 4.07. The van der Waals surface area contributed by atoms with Crippen LogP contribution in [0.5, 0.6) is 0 Å². The summed E-state index contributed by atoms with van der Waals surface area (Å²) in [5, 5.41) is 0. The minimum Gasteiger partial charge on any atom is -0.294 e. The van der Waals surface area contributed by atoms with Crippen LogP contribution in [0, 0.1) is 0 Å². The predicted octanol–water partition coefficient (Wildman–Crippen LogP) is 0.711. The summed E-state index contributed by atoms with van der Waals surface area (Å²) in [6.45, 7) is 1.51. The Bertz CT molecular complexity index is 494. The molecular weight excluding hydrogens is 326 g/mol. The van der Waals surface area contributed by atoms with E-state index in [-0.39, 0.29) is 0 Å². The van der Waals surface area contributed by atoms with E-state index in [4.69, 9.17) is 0 Å². The lowest BCUT2D eigenvalue weighted by Gasteiger charge is -2.19. The summed E-state index contributed by atoms with van der Waals surface area (Å²) in [5.74, 6) is -3.78. The summed E-state index contributed by atoms with van der Waals surface area (Å²) >= 11 is 0. The van der Waals surface area contributed by atoms with Crippen LogP contribution >= 0.6 is 0 Å². The van der Waals surface area contributed by atoms with Crippen LogP contribution in [0.1, 0.15) is 0 Å². The molecule has 0 aliphatic rings. The van der Waals surface area contributed by atoms with Gasteiger partial charge in [0.05, 0.1) is 6.26 Å². The Morgan fingerprint density at radius 2 is 1.42 bits per heavy atom. The second-order valence-corrected chi connectivity index (χ2v) is 12.3. The van der Waals surface area contributed by atoms with E-state index < -0.39 is 48.0 Å². The fraction of sp³-hybridized carbons (Fsp3) is 1.00. The molecule has 0 atom stereocenters. The Hall–Kier alpha value is -0.143. The lowest BCUT2D eigenvalue weighted by atomic mass is 10.4. The Morgan fingerprint density at radius 1 is 1.00 bits per heavy atom. The van der Waals surface area contributed by atoms with Crippen molar-refractivity contribution in [2.45, 2.75) is 25.6 Å². The van der Waals surface area contributed by atoms with Crippen molar-refractivity contribution in [2.75, 3.05) is 19.5 Å². The quantitative estimate of drug-likeness (QED) is 0.473. The van der Waals surface area contributed by atoms with E-state index >= 15 is 0 Å². The largest absolute Gasteiger partial charge is 0.390 e. The van der Waals surface area contributed by atoms with Crippen LogP contribution in [0.25, 0.3) is 0 Å². The van der Waals surface area contributed by atoms with Gasteiger partial charge in [0.15, 0.2) is 0 Å². The Labute approximate surface area is 112 Å². The van der Waals surface area contributed by atoms with Crippen LogP contribution < -0.4 is 0 Å². The second kappa shape index (κ2) is 6.09. The second-order valence-electron chi connectivity index (χ2n) is 4.69. The molecule has 0 aliphatic heterocycles. The molecule has 0 aliphatic carbocycles. The minimum absolute atomic E-state index is 0.592. The van der Waals surface area contributed by atoms with Crippen molar-refractivity contribution in [3.05, 3.63) is 0 Å². The standard InChI is InChI=1S/C7H16F2O7S2Si/c1-17(10,11)14-5-7(8,9)6-15-18(12,13)16-19(2,3)4/h5-6H2,1-4H3. The number of halogens is 2. The molecule has 0 N–H and O–H groups in total. The zero-order chi connectivity index (χ0) is 15.5. The highest BCUT2D eigenvalue weighted by Crippen LogP contribution is 2.18. The average Bonchev–Trinajstić information content (AvgIpc) is 2.08. The molecule has 0 rings (SSSR count). The molecule has 12 heteroatoms. The van der Waals surface area contributed by atoms with Gasteiger partial charge in [-0.1, -0.05) is 0 Å². The third-order valence-corrected chi connectivity index (χ3v) is 5.02. The molecule has 0 aromatic rings. The number of hydrogen-bond acceptors (Lipinski definition) is 7. The molecule has 0 saturated heterocycles. The highest BCUT2D eigenvalue weighted by molar-refractivity contribution is 7.86. The first-order valence-electron chi connectivity index (χ1n) is 4.94. The van der Waals surface area contributed by atoms with Crippen molar-refractivity contribution in [2.24, 2.45) is 0 Å². The normalized spacial score (nSPS) is 14.6. The molecule has 7 nitrogen and oxygen atoms in total. The summed E-state index contributed by atoms with van der Waals surface area (Å²) in [5.41, 5.74) is 0. The average molecular weight is 342 g/mol. The summed E-state index contributed by atoms with van der Waals surface area (Å²) < 4.78 is 82.1. The van der Waals surface area contributed by atoms with Crippen LogP contribution in [0.15, 0.2) is 0 Å². The van der Waals surface area contributed by atoms with Gasteiger partial charge in [-0.15, -0.1) is 0 Å². The molecule has 116 valence electrons. The summed E-state index contributed by atoms with van der Waals surface area (Å²) in [6, 6.07) is 0. The van der Waals surface area contributed by atoms with Gasteiger partial charge in [-0.3, -0.25) is 8.06 Å².